The van der Waals surface area contributed by atoms with E-state index in [4.69, 9.17) is 34.0 Å². The summed E-state index contributed by atoms with van der Waals surface area (Å²) in [6, 6.07) is 19.3. The lowest BCUT2D eigenvalue weighted by atomic mass is 9.93. The van der Waals surface area contributed by atoms with Crippen LogP contribution >= 0.6 is 11.6 Å². The van der Waals surface area contributed by atoms with Crippen LogP contribution in [0.3, 0.4) is 0 Å². The van der Waals surface area contributed by atoms with Gasteiger partial charge in [0.05, 0.1) is 19.0 Å². The lowest BCUT2D eigenvalue weighted by molar-refractivity contribution is -0.136. The van der Waals surface area contributed by atoms with Gasteiger partial charge in [0.2, 0.25) is 0 Å². The Balaban J connectivity index is 1.59. The van der Waals surface area contributed by atoms with Crippen LogP contribution in [0.1, 0.15) is 29.7 Å². The van der Waals surface area contributed by atoms with Gasteiger partial charge in [0, 0.05) is 10.6 Å². The fourth-order valence-corrected chi connectivity index (χ4v) is 4.14. The minimum absolute atomic E-state index is 0.177. The molecule has 0 aliphatic carbocycles. The largest absolute Gasteiger partial charge is 0.481 e. The van der Waals surface area contributed by atoms with Crippen molar-refractivity contribution in [2.45, 2.75) is 32.0 Å². The number of aliphatic carboxylic acids is 1. The topological polar surface area (TPSA) is 76.1 Å². The number of carbonyl (C=O) groups excluding carboxylic acids is 1. The summed E-state index contributed by atoms with van der Waals surface area (Å²) in [5.41, 5.74) is 2.65. The summed E-state index contributed by atoms with van der Waals surface area (Å²) < 4.78 is 11.7. The van der Waals surface area contributed by atoms with E-state index < -0.39 is 12.1 Å². The molecule has 8 heteroatoms. The molecule has 0 unspecified atom stereocenters. The number of cyclic esters (lactones) is 1. The third-order valence-electron chi connectivity index (χ3n) is 5.46. The van der Waals surface area contributed by atoms with E-state index in [-0.39, 0.29) is 25.1 Å². The Morgan fingerprint density at radius 2 is 1.91 bits per heavy atom. The molecule has 6 nitrogen and oxygen atoms in total. The second-order valence-corrected chi connectivity index (χ2v) is 8.35. The van der Waals surface area contributed by atoms with Gasteiger partial charge in [-0.15, -0.1) is 0 Å². The van der Waals surface area contributed by atoms with Gasteiger partial charge in [0.1, 0.15) is 25.4 Å². The van der Waals surface area contributed by atoms with Crippen LogP contribution < -0.4 is 10.2 Å². The summed E-state index contributed by atoms with van der Waals surface area (Å²) >= 11 is 6.15. The molecule has 166 valence electrons. The molecule has 1 heterocycles. The highest BCUT2D eigenvalue weighted by atomic mass is 35.5. The molecule has 1 aliphatic heterocycles. The molecule has 4 rings (SSSR count). The highest BCUT2D eigenvalue weighted by Gasteiger charge is 2.39. The first-order chi connectivity index (χ1) is 15.8. The zero-order valence-electron chi connectivity index (χ0n) is 17.9. The van der Waals surface area contributed by atoms with Crippen LogP contribution in [-0.4, -0.2) is 36.0 Å². The molecular weight excluding hydrogens is 441 g/mol. The molecule has 2 radical (unpaired) electrons. The minimum Gasteiger partial charge on any atom is -0.481 e. The first kappa shape index (κ1) is 22.7. The van der Waals surface area contributed by atoms with E-state index in [0.29, 0.717) is 33.1 Å². The van der Waals surface area contributed by atoms with Gasteiger partial charge in [-0.3, -0.25) is 9.69 Å². The van der Waals surface area contributed by atoms with Crippen molar-refractivity contribution < 1.29 is 24.2 Å². The fourth-order valence-electron chi connectivity index (χ4n) is 3.89. The molecule has 1 N–H and O–H groups in total. The smallest absolute Gasteiger partial charge is 0.411 e. The van der Waals surface area contributed by atoms with Gasteiger partial charge in [0.15, 0.2) is 0 Å². The average molecular weight is 462 g/mol. The number of carboxylic acids is 1. The van der Waals surface area contributed by atoms with Gasteiger partial charge >= 0.3 is 12.1 Å². The normalized spacial score (nSPS) is 17.6. The molecule has 3 aromatic carbocycles. The van der Waals surface area contributed by atoms with Gasteiger partial charge in [0.25, 0.3) is 0 Å². The van der Waals surface area contributed by atoms with E-state index >= 15 is 0 Å². The molecule has 1 amide bonds. The number of halogens is 1. The predicted octanol–water partition coefficient (Wildman–Crippen LogP) is 4.64. The molecule has 0 spiro atoms. The van der Waals surface area contributed by atoms with Crippen molar-refractivity contribution in [3.8, 4) is 11.5 Å². The van der Waals surface area contributed by atoms with Crippen LogP contribution in [0.15, 0.2) is 66.7 Å². The molecule has 0 bridgehead atoms. The quantitative estimate of drug-likeness (QED) is 0.519. The number of benzene rings is 3. The number of carboxylic acid groups (broad SMARTS) is 1. The van der Waals surface area contributed by atoms with Crippen molar-refractivity contribution in [2.24, 2.45) is 0 Å². The maximum Gasteiger partial charge on any atom is 0.411 e. The maximum absolute atomic E-state index is 12.7. The zero-order chi connectivity index (χ0) is 23.5. The summed E-state index contributed by atoms with van der Waals surface area (Å²) in [6.07, 6.45) is -0.976. The lowest BCUT2D eigenvalue weighted by Gasteiger charge is -2.22. The molecule has 0 saturated carbocycles. The highest BCUT2D eigenvalue weighted by Crippen LogP contribution is 2.35. The summed E-state index contributed by atoms with van der Waals surface area (Å²) in [7, 11) is 6.01. The first-order valence-corrected chi connectivity index (χ1v) is 10.8. The van der Waals surface area contributed by atoms with Crippen molar-refractivity contribution in [3.63, 3.8) is 0 Å². The number of hydrogen-bond acceptors (Lipinski definition) is 4. The molecule has 1 fully saturated rings. The molecular formula is C25H21BClNO5. The summed E-state index contributed by atoms with van der Waals surface area (Å²) in [6.45, 7) is 2.16. The number of hydrogen-bond donors (Lipinski definition) is 1. The van der Waals surface area contributed by atoms with Crippen LogP contribution in [-0.2, 0) is 22.5 Å². The monoisotopic (exact) mass is 461 g/mol. The number of ether oxygens (including phenoxy) is 2. The second-order valence-electron chi connectivity index (χ2n) is 7.92. The number of amides is 1. The molecule has 1 aliphatic rings. The van der Waals surface area contributed by atoms with Gasteiger partial charge < -0.3 is 14.6 Å². The van der Waals surface area contributed by atoms with Gasteiger partial charge in [-0.25, -0.2) is 4.79 Å². The van der Waals surface area contributed by atoms with Crippen molar-refractivity contribution in [2.75, 3.05) is 0 Å². The van der Waals surface area contributed by atoms with Crippen LogP contribution in [0.25, 0.3) is 0 Å². The van der Waals surface area contributed by atoms with E-state index in [1.54, 1.807) is 41.3 Å². The standard InChI is InChI=1S/C25H21BClNO5/c1-15-24(17-5-3-2-4-6-17)33-25(31)28(15)14-18-12-19(26)7-8-22(18)32-21-10-16(11-23(29)30)9-20(27)13-21/h2-10,12-13,15,24H,11,14H2,1H3,(H,29,30)/t15-,24-/m1/s1. The van der Waals surface area contributed by atoms with Crippen LogP contribution in [0, 0.1) is 0 Å². The van der Waals surface area contributed by atoms with Crippen molar-refractivity contribution in [3.05, 3.63) is 88.4 Å². The molecule has 1 saturated heterocycles. The van der Waals surface area contributed by atoms with Crippen molar-refractivity contribution in [1.29, 1.82) is 0 Å². The predicted molar refractivity (Wildman–Crippen MR) is 125 cm³/mol. The Kier molecular flexibility index (Phi) is 6.61. The van der Waals surface area contributed by atoms with Gasteiger partial charge in [-0.1, -0.05) is 59.5 Å². The van der Waals surface area contributed by atoms with Crippen LogP contribution in [0.4, 0.5) is 4.79 Å². The average Bonchev–Trinajstić information content (AvgIpc) is 3.03. The summed E-state index contributed by atoms with van der Waals surface area (Å²) in [4.78, 5) is 25.4. The van der Waals surface area contributed by atoms with E-state index in [0.717, 1.165) is 5.56 Å². The number of carbonyl (C=O) groups is 2. The lowest BCUT2D eigenvalue weighted by Crippen LogP contribution is -2.31. The Labute approximate surface area is 198 Å². The number of rotatable bonds is 7. The third-order valence-corrected chi connectivity index (χ3v) is 5.68. The maximum atomic E-state index is 12.7. The second kappa shape index (κ2) is 9.59. The first-order valence-electron chi connectivity index (χ1n) is 10.4. The zero-order valence-corrected chi connectivity index (χ0v) is 18.7. The Bertz CT molecular complexity index is 1190. The minimum atomic E-state index is -0.967. The molecule has 2 atom stereocenters. The van der Waals surface area contributed by atoms with E-state index in [1.807, 2.05) is 37.3 Å². The summed E-state index contributed by atoms with van der Waals surface area (Å²) in [5.74, 6) is -0.0919. The van der Waals surface area contributed by atoms with E-state index in [9.17, 15) is 9.59 Å². The molecule has 33 heavy (non-hydrogen) atoms. The third kappa shape index (κ3) is 5.31. The van der Waals surface area contributed by atoms with Crippen LogP contribution in [0.2, 0.25) is 5.02 Å². The SMILES string of the molecule is [B]c1ccc(Oc2cc(Cl)cc(CC(=O)O)c2)c(CN2C(=O)O[C@@H](c3ccccc3)[C@H]2C)c1. The van der Waals surface area contributed by atoms with Crippen molar-refractivity contribution in [1.82, 2.24) is 4.90 Å². The van der Waals surface area contributed by atoms with E-state index in [2.05, 4.69) is 0 Å². The van der Waals surface area contributed by atoms with Crippen LogP contribution in [0.5, 0.6) is 11.5 Å². The Hall–Kier alpha value is -3.45. The van der Waals surface area contributed by atoms with E-state index in [1.165, 1.54) is 0 Å². The highest BCUT2D eigenvalue weighted by molar-refractivity contribution is 6.32. The number of nitrogens with zero attached hydrogens (tertiary/aromatic N) is 1. The Morgan fingerprint density at radius 1 is 1.15 bits per heavy atom. The Morgan fingerprint density at radius 3 is 2.64 bits per heavy atom. The van der Waals surface area contributed by atoms with Gasteiger partial charge in [-0.05, 0) is 42.3 Å². The van der Waals surface area contributed by atoms with Gasteiger partial charge in [-0.2, -0.15) is 0 Å². The van der Waals surface area contributed by atoms with Crippen molar-refractivity contribution >= 4 is 37.0 Å². The molecule has 3 aromatic rings. The summed E-state index contributed by atoms with van der Waals surface area (Å²) in [5, 5.41) is 9.44. The fraction of sp³-hybridized carbons (Fsp3) is 0.200. The molecule has 0 aromatic heterocycles.